The minimum absolute atomic E-state index is 0. The standard InChI is InChI=1S/C19H26ClNO5.Na/c1-4-25-17(23)19(12-6-7-13-20,18(24)26-5-2)21-16(22)15-10-8-14(3)9-11-15;/h8-11H,4-7,12-13H2,1-3H3,(H,21,22);. The maximum absolute atomic E-state index is 12.7. The fourth-order valence-corrected chi connectivity index (χ4v) is 2.61. The molecule has 1 rings (SSSR count). The van der Waals surface area contributed by atoms with Gasteiger partial charge in [0.1, 0.15) is 0 Å². The van der Waals surface area contributed by atoms with E-state index in [9.17, 15) is 14.4 Å². The van der Waals surface area contributed by atoms with Gasteiger partial charge in [-0.25, -0.2) is 9.59 Å². The number of carbonyl (C=O) groups excluding carboxylic acids is 3. The van der Waals surface area contributed by atoms with E-state index < -0.39 is 23.4 Å². The fourth-order valence-electron chi connectivity index (χ4n) is 2.42. The third-order valence-electron chi connectivity index (χ3n) is 3.82. The fraction of sp³-hybridized carbons (Fsp3) is 0.526. The summed E-state index contributed by atoms with van der Waals surface area (Å²) < 4.78 is 10.1. The monoisotopic (exact) mass is 406 g/mol. The van der Waals surface area contributed by atoms with Crippen LogP contribution < -0.4 is 5.32 Å². The van der Waals surface area contributed by atoms with E-state index in [0.717, 1.165) is 5.56 Å². The molecule has 0 aromatic heterocycles. The number of carbonyl (C=O) groups is 3. The van der Waals surface area contributed by atoms with E-state index in [-0.39, 0.29) is 49.2 Å². The molecule has 0 aliphatic carbocycles. The van der Waals surface area contributed by atoms with Crippen molar-refractivity contribution in [2.75, 3.05) is 19.1 Å². The van der Waals surface area contributed by atoms with E-state index in [1.165, 1.54) is 0 Å². The van der Waals surface area contributed by atoms with Crippen molar-refractivity contribution in [1.82, 2.24) is 5.32 Å². The van der Waals surface area contributed by atoms with E-state index in [1.54, 1.807) is 38.1 Å². The SMILES string of the molecule is CCOC(=O)C(CCCCCl)(NC(=O)c1ccc(C)cc1)C(=O)OCC.[Na]. The molecule has 1 amide bonds. The van der Waals surface area contributed by atoms with Crippen LogP contribution in [0.5, 0.6) is 0 Å². The number of hydrogen-bond donors (Lipinski definition) is 1. The van der Waals surface area contributed by atoms with Gasteiger partial charge < -0.3 is 14.8 Å². The Bertz CT molecular complexity index is 603. The minimum Gasteiger partial charge on any atom is -0.464 e. The number of esters is 2. The second-order valence-electron chi connectivity index (χ2n) is 5.81. The van der Waals surface area contributed by atoms with Crippen LogP contribution in [0.15, 0.2) is 24.3 Å². The van der Waals surface area contributed by atoms with Crippen LogP contribution in [-0.4, -0.2) is 72.0 Å². The summed E-state index contributed by atoms with van der Waals surface area (Å²) in [7, 11) is 0. The molecule has 0 fully saturated rings. The quantitative estimate of drug-likeness (QED) is 0.212. The normalized spacial score (nSPS) is 10.5. The van der Waals surface area contributed by atoms with Gasteiger partial charge in [-0.2, -0.15) is 0 Å². The zero-order valence-electron chi connectivity index (χ0n) is 16.5. The summed E-state index contributed by atoms with van der Waals surface area (Å²) in [5.41, 5.74) is -0.559. The van der Waals surface area contributed by atoms with Gasteiger partial charge in [0.05, 0.1) is 13.2 Å². The number of unbranched alkanes of at least 4 members (excludes halogenated alkanes) is 1. The third-order valence-corrected chi connectivity index (χ3v) is 4.09. The summed E-state index contributed by atoms with van der Waals surface area (Å²) in [6, 6.07) is 6.81. The van der Waals surface area contributed by atoms with E-state index in [0.29, 0.717) is 24.3 Å². The van der Waals surface area contributed by atoms with Crippen LogP contribution in [0.4, 0.5) is 0 Å². The number of halogens is 1. The zero-order valence-corrected chi connectivity index (χ0v) is 19.2. The Hall–Kier alpha value is -1.08. The second-order valence-corrected chi connectivity index (χ2v) is 6.19. The Balaban J connectivity index is 0.00000676. The first-order valence-electron chi connectivity index (χ1n) is 8.70. The van der Waals surface area contributed by atoms with E-state index >= 15 is 0 Å². The van der Waals surface area contributed by atoms with Crippen LogP contribution in [0, 0.1) is 6.92 Å². The molecule has 1 aromatic rings. The summed E-state index contributed by atoms with van der Waals surface area (Å²) in [6.07, 6.45) is 1.09. The molecule has 0 unspecified atom stereocenters. The van der Waals surface area contributed by atoms with Crippen molar-refractivity contribution in [3.05, 3.63) is 35.4 Å². The molecule has 0 spiro atoms. The smallest absolute Gasteiger partial charge is 0.343 e. The van der Waals surface area contributed by atoms with E-state index in [4.69, 9.17) is 21.1 Å². The molecule has 27 heavy (non-hydrogen) atoms. The number of aryl methyl sites for hydroxylation is 1. The number of nitrogens with one attached hydrogen (secondary N) is 1. The van der Waals surface area contributed by atoms with Crippen molar-refractivity contribution in [3.63, 3.8) is 0 Å². The molecule has 145 valence electrons. The molecule has 6 nitrogen and oxygen atoms in total. The number of alkyl halides is 1. The molecule has 8 heteroatoms. The maximum Gasteiger partial charge on any atom is 0.343 e. The van der Waals surface area contributed by atoms with Crippen LogP contribution in [0.25, 0.3) is 0 Å². The van der Waals surface area contributed by atoms with Gasteiger partial charge in [0.25, 0.3) is 5.91 Å². The van der Waals surface area contributed by atoms with E-state index in [2.05, 4.69) is 5.32 Å². The van der Waals surface area contributed by atoms with Gasteiger partial charge >= 0.3 is 11.9 Å². The van der Waals surface area contributed by atoms with Crippen LogP contribution in [0.2, 0.25) is 0 Å². The first-order chi connectivity index (χ1) is 12.4. The molecule has 1 N–H and O–H groups in total. The Morgan fingerprint density at radius 3 is 1.96 bits per heavy atom. The maximum atomic E-state index is 12.7. The number of hydrogen-bond acceptors (Lipinski definition) is 5. The van der Waals surface area contributed by atoms with E-state index in [1.807, 2.05) is 6.92 Å². The van der Waals surface area contributed by atoms with Gasteiger partial charge in [-0.15, -0.1) is 11.6 Å². The van der Waals surface area contributed by atoms with Gasteiger partial charge in [0, 0.05) is 41.0 Å². The summed E-state index contributed by atoms with van der Waals surface area (Å²) >= 11 is 5.71. The molecule has 1 radical (unpaired) electrons. The van der Waals surface area contributed by atoms with Crippen LogP contribution in [0.3, 0.4) is 0 Å². The average molecular weight is 407 g/mol. The molecule has 0 atom stereocenters. The molecule has 0 bridgehead atoms. The van der Waals surface area contributed by atoms with Gasteiger partial charge in [0.2, 0.25) is 5.54 Å². The second kappa shape index (κ2) is 13.2. The topological polar surface area (TPSA) is 81.7 Å². The van der Waals surface area contributed by atoms with Crippen molar-refractivity contribution in [1.29, 1.82) is 0 Å². The summed E-state index contributed by atoms with van der Waals surface area (Å²) in [5, 5.41) is 2.56. The van der Waals surface area contributed by atoms with Crippen molar-refractivity contribution in [3.8, 4) is 0 Å². The largest absolute Gasteiger partial charge is 0.464 e. The van der Waals surface area contributed by atoms with Gasteiger partial charge in [0.15, 0.2) is 0 Å². The number of ether oxygens (including phenoxy) is 2. The average Bonchev–Trinajstić information content (AvgIpc) is 2.61. The summed E-state index contributed by atoms with van der Waals surface area (Å²) in [5.74, 6) is -1.81. The van der Waals surface area contributed by atoms with Gasteiger partial charge in [-0.05, 0) is 52.2 Å². The molecule has 0 saturated heterocycles. The molecular weight excluding hydrogens is 381 g/mol. The molecule has 1 aromatic carbocycles. The van der Waals surface area contributed by atoms with Crippen molar-refractivity contribution >= 4 is 59.0 Å². The Labute approximate surface area is 187 Å². The Morgan fingerprint density at radius 2 is 1.52 bits per heavy atom. The first kappa shape index (κ1) is 25.9. The number of benzene rings is 1. The van der Waals surface area contributed by atoms with Gasteiger partial charge in [-0.3, -0.25) is 4.79 Å². The Morgan fingerprint density at radius 1 is 1.00 bits per heavy atom. The van der Waals surface area contributed by atoms with Crippen LogP contribution in [-0.2, 0) is 19.1 Å². The first-order valence-corrected chi connectivity index (χ1v) is 9.24. The third kappa shape index (κ3) is 7.45. The van der Waals surface area contributed by atoms with Crippen molar-refractivity contribution in [2.45, 2.75) is 45.6 Å². The molecular formula is C19H26ClNNaO5. The molecule has 0 aliphatic heterocycles. The minimum atomic E-state index is -1.89. The zero-order chi connectivity index (χ0) is 19.6. The predicted molar refractivity (Wildman–Crippen MR) is 105 cm³/mol. The predicted octanol–water partition coefficient (Wildman–Crippen LogP) is 2.62. The number of rotatable bonds is 10. The molecule has 0 saturated carbocycles. The van der Waals surface area contributed by atoms with Gasteiger partial charge in [-0.1, -0.05) is 17.7 Å². The number of amides is 1. The van der Waals surface area contributed by atoms with Crippen molar-refractivity contribution in [2.24, 2.45) is 0 Å². The van der Waals surface area contributed by atoms with Crippen molar-refractivity contribution < 1.29 is 23.9 Å². The summed E-state index contributed by atoms with van der Waals surface area (Å²) in [6.45, 7) is 5.32. The van der Waals surface area contributed by atoms with Crippen LogP contribution >= 0.6 is 11.6 Å². The Kier molecular flexibility index (Phi) is 12.6. The molecule has 0 aliphatic rings. The summed E-state index contributed by atoms with van der Waals surface area (Å²) in [4.78, 5) is 37.9. The van der Waals surface area contributed by atoms with Crippen LogP contribution in [0.1, 0.15) is 49.0 Å². The molecule has 0 heterocycles.